The molecule has 30 heavy (non-hydrogen) atoms. The summed E-state index contributed by atoms with van der Waals surface area (Å²) in [6.45, 7) is 0.169. The van der Waals surface area contributed by atoms with Crippen LogP contribution >= 0.6 is 0 Å². The molecule has 0 unspecified atom stereocenters. The fourth-order valence-corrected chi connectivity index (χ4v) is 4.14. The Labute approximate surface area is 175 Å². The lowest BCUT2D eigenvalue weighted by Gasteiger charge is -2.19. The van der Waals surface area contributed by atoms with Crippen molar-refractivity contribution in [1.29, 1.82) is 0 Å². The molecule has 0 radical (unpaired) electrons. The lowest BCUT2D eigenvalue weighted by atomic mass is 10.2. The maximum absolute atomic E-state index is 13.2. The Balaban J connectivity index is 1.83. The molecule has 0 saturated heterocycles. The number of methoxy groups -OCH3 is 1. The van der Waals surface area contributed by atoms with Gasteiger partial charge in [-0.25, -0.2) is 13.2 Å². The number of pyridine rings is 1. The fraction of sp³-hybridized carbons (Fsp3) is 0.182. The first-order chi connectivity index (χ1) is 14.4. The molecule has 0 aliphatic rings. The number of esters is 1. The van der Waals surface area contributed by atoms with Crippen molar-refractivity contribution in [2.75, 3.05) is 14.2 Å². The van der Waals surface area contributed by atoms with E-state index in [2.05, 4.69) is 4.98 Å². The summed E-state index contributed by atoms with van der Waals surface area (Å²) in [6.07, 6.45) is 1.60. The predicted molar refractivity (Wildman–Crippen MR) is 111 cm³/mol. The van der Waals surface area contributed by atoms with Gasteiger partial charge in [-0.2, -0.15) is 4.31 Å². The molecular formula is C22H22N2O5S. The summed E-state index contributed by atoms with van der Waals surface area (Å²) in [5, 5.41) is 0. The molecule has 1 aromatic heterocycles. The topological polar surface area (TPSA) is 85.8 Å². The molecule has 3 aromatic rings. The van der Waals surface area contributed by atoms with Crippen molar-refractivity contribution in [3.8, 4) is 5.75 Å². The molecule has 1 heterocycles. The zero-order chi connectivity index (χ0) is 21.6. The van der Waals surface area contributed by atoms with E-state index in [1.54, 1.807) is 24.4 Å². The number of rotatable bonds is 8. The minimum absolute atomic E-state index is 0.0122. The van der Waals surface area contributed by atoms with E-state index >= 15 is 0 Å². The Morgan fingerprint density at radius 1 is 1.03 bits per heavy atom. The second-order valence-electron chi connectivity index (χ2n) is 6.51. The number of benzene rings is 2. The summed E-state index contributed by atoms with van der Waals surface area (Å²) in [5.41, 5.74) is 1.54. The molecule has 0 spiro atoms. The van der Waals surface area contributed by atoms with Crippen LogP contribution in [0.4, 0.5) is 0 Å². The Kier molecular flexibility index (Phi) is 6.81. The monoisotopic (exact) mass is 426 g/mol. The predicted octanol–water partition coefficient (Wildman–Crippen LogP) is 3.27. The fourth-order valence-electron chi connectivity index (χ4n) is 2.80. The number of carbonyl (C=O) groups excluding carboxylic acids is 1. The first-order valence-electron chi connectivity index (χ1n) is 9.17. The smallest absolute Gasteiger partial charge is 0.338 e. The second-order valence-corrected chi connectivity index (χ2v) is 8.52. The highest BCUT2D eigenvalue weighted by Gasteiger charge is 2.26. The van der Waals surface area contributed by atoms with Crippen LogP contribution in [0.2, 0.25) is 0 Å². The van der Waals surface area contributed by atoms with Crippen LogP contribution in [0.25, 0.3) is 0 Å². The van der Waals surface area contributed by atoms with Gasteiger partial charge in [0.1, 0.15) is 17.3 Å². The molecule has 156 valence electrons. The van der Waals surface area contributed by atoms with Gasteiger partial charge in [0.15, 0.2) is 0 Å². The van der Waals surface area contributed by atoms with E-state index in [-0.39, 0.29) is 29.4 Å². The summed E-state index contributed by atoms with van der Waals surface area (Å²) in [7, 11) is -1.06. The number of sulfonamides is 1. The van der Waals surface area contributed by atoms with Gasteiger partial charge in [-0.15, -0.1) is 0 Å². The molecule has 0 saturated carbocycles. The Bertz CT molecular complexity index is 1100. The third-order valence-corrected chi connectivity index (χ3v) is 6.24. The van der Waals surface area contributed by atoms with E-state index in [9.17, 15) is 13.2 Å². The molecule has 8 heteroatoms. The summed E-state index contributed by atoms with van der Waals surface area (Å²) in [4.78, 5) is 16.4. The summed E-state index contributed by atoms with van der Waals surface area (Å²) in [5.74, 6) is -0.498. The number of hydrogen-bond acceptors (Lipinski definition) is 6. The van der Waals surface area contributed by atoms with Gasteiger partial charge in [0, 0.05) is 19.8 Å². The van der Waals surface area contributed by atoms with Gasteiger partial charge in [0.05, 0.1) is 18.4 Å². The third-order valence-electron chi connectivity index (χ3n) is 4.41. The minimum Gasteiger partial charge on any atom is -0.495 e. The van der Waals surface area contributed by atoms with E-state index in [1.165, 1.54) is 36.7 Å². The molecule has 0 aliphatic carbocycles. The average molecular weight is 426 g/mol. The Morgan fingerprint density at radius 2 is 1.77 bits per heavy atom. The highest BCUT2D eigenvalue weighted by Crippen LogP contribution is 2.28. The van der Waals surface area contributed by atoms with Crippen LogP contribution in [0, 0.1) is 0 Å². The Morgan fingerprint density at radius 3 is 2.43 bits per heavy atom. The molecule has 0 atom stereocenters. The largest absolute Gasteiger partial charge is 0.495 e. The van der Waals surface area contributed by atoms with E-state index in [1.807, 2.05) is 30.3 Å². The maximum atomic E-state index is 13.2. The van der Waals surface area contributed by atoms with Crippen LogP contribution in [0.5, 0.6) is 5.75 Å². The lowest BCUT2D eigenvalue weighted by Crippen LogP contribution is -2.27. The van der Waals surface area contributed by atoms with Crippen LogP contribution in [0.15, 0.2) is 77.8 Å². The highest BCUT2D eigenvalue weighted by atomic mass is 32.2. The van der Waals surface area contributed by atoms with Crippen molar-refractivity contribution in [3.05, 3.63) is 89.7 Å². The molecule has 0 N–H and O–H groups in total. The number of aromatic nitrogens is 1. The van der Waals surface area contributed by atoms with Crippen molar-refractivity contribution in [2.24, 2.45) is 0 Å². The van der Waals surface area contributed by atoms with Crippen LogP contribution in [-0.4, -0.2) is 37.8 Å². The van der Waals surface area contributed by atoms with E-state index < -0.39 is 16.0 Å². The first kappa shape index (κ1) is 21.5. The normalized spacial score (nSPS) is 11.3. The van der Waals surface area contributed by atoms with Gasteiger partial charge >= 0.3 is 5.97 Å². The average Bonchev–Trinajstić information content (AvgIpc) is 2.78. The molecule has 3 rings (SSSR count). The lowest BCUT2D eigenvalue weighted by molar-refractivity contribution is 0.0467. The zero-order valence-electron chi connectivity index (χ0n) is 16.7. The molecule has 0 aliphatic heterocycles. The van der Waals surface area contributed by atoms with Gasteiger partial charge in [-0.1, -0.05) is 36.4 Å². The molecule has 0 amide bonds. The third kappa shape index (κ3) is 5.03. The first-order valence-corrected chi connectivity index (χ1v) is 10.6. The van der Waals surface area contributed by atoms with Gasteiger partial charge in [-0.05, 0) is 35.9 Å². The van der Waals surface area contributed by atoms with Gasteiger partial charge in [0.25, 0.3) is 0 Å². The standard InChI is InChI=1S/C22H22N2O5S/c1-24(15-17-8-4-3-5-9-17)30(26,27)21-14-18(11-12-20(21)28-2)22(25)29-16-19-10-6-7-13-23-19/h3-14H,15-16H2,1-2H3. The van der Waals surface area contributed by atoms with Crippen LogP contribution in [0.3, 0.4) is 0 Å². The van der Waals surface area contributed by atoms with Crippen molar-refractivity contribution < 1.29 is 22.7 Å². The van der Waals surface area contributed by atoms with Crippen LogP contribution < -0.4 is 4.74 Å². The Hall–Kier alpha value is -3.23. The van der Waals surface area contributed by atoms with Crippen molar-refractivity contribution in [2.45, 2.75) is 18.0 Å². The van der Waals surface area contributed by atoms with Crippen molar-refractivity contribution in [3.63, 3.8) is 0 Å². The molecular weight excluding hydrogens is 404 g/mol. The summed E-state index contributed by atoms with van der Waals surface area (Å²) < 4.78 is 38.0. The molecule has 7 nitrogen and oxygen atoms in total. The van der Waals surface area contributed by atoms with Crippen LogP contribution in [0.1, 0.15) is 21.6 Å². The molecule has 2 aromatic carbocycles. The SMILES string of the molecule is COc1ccc(C(=O)OCc2ccccn2)cc1S(=O)(=O)N(C)Cc1ccccc1. The minimum atomic E-state index is -3.91. The van der Waals surface area contributed by atoms with Gasteiger partial charge in [0.2, 0.25) is 10.0 Å². The second kappa shape index (κ2) is 9.51. The number of hydrogen-bond donors (Lipinski definition) is 0. The van der Waals surface area contributed by atoms with Crippen molar-refractivity contribution >= 4 is 16.0 Å². The van der Waals surface area contributed by atoms with E-state index in [0.29, 0.717) is 5.69 Å². The highest BCUT2D eigenvalue weighted by molar-refractivity contribution is 7.89. The van der Waals surface area contributed by atoms with Gasteiger partial charge in [-0.3, -0.25) is 4.98 Å². The maximum Gasteiger partial charge on any atom is 0.338 e. The number of carbonyl (C=O) groups is 1. The summed E-state index contributed by atoms with van der Waals surface area (Å²) >= 11 is 0. The van der Waals surface area contributed by atoms with E-state index in [0.717, 1.165) is 5.56 Å². The summed E-state index contributed by atoms with van der Waals surface area (Å²) in [6, 6.07) is 18.7. The zero-order valence-corrected chi connectivity index (χ0v) is 17.5. The van der Waals surface area contributed by atoms with Gasteiger partial charge < -0.3 is 9.47 Å². The number of nitrogens with zero attached hydrogens (tertiary/aromatic N) is 2. The molecule has 0 bridgehead atoms. The van der Waals surface area contributed by atoms with Crippen molar-refractivity contribution in [1.82, 2.24) is 9.29 Å². The van der Waals surface area contributed by atoms with Crippen LogP contribution in [-0.2, 0) is 27.9 Å². The van der Waals surface area contributed by atoms with E-state index in [4.69, 9.17) is 9.47 Å². The molecule has 0 fully saturated rings. The number of ether oxygens (including phenoxy) is 2. The quantitative estimate of drug-likeness (QED) is 0.514.